The second-order valence-electron chi connectivity index (χ2n) is 8.13. The van der Waals surface area contributed by atoms with E-state index in [0.717, 1.165) is 32.1 Å². The number of urea groups is 1. The largest absolute Gasteiger partial charge is 0.396 e. The molecule has 3 fully saturated rings. The first-order valence-corrected chi connectivity index (χ1v) is 10.0. The third-order valence-corrected chi connectivity index (χ3v) is 6.37. The van der Waals surface area contributed by atoms with Gasteiger partial charge in [0.15, 0.2) is 0 Å². The van der Waals surface area contributed by atoms with Gasteiger partial charge in [-0.3, -0.25) is 0 Å². The van der Waals surface area contributed by atoms with Crippen molar-refractivity contribution < 1.29 is 14.6 Å². The molecule has 2 unspecified atom stereocenters. The van der Waals surface area contributed by atoms with Crippen LogP contribution < -0.4 is 10.6 Å². The maximum Gasteiger partial charge on any atom is 0.315 e. The Balaban J connectivity index is 1.44. The van der Waals surface area contributed by atoms with Crippen LogP contribution in [0.15, 0.2) is 0 Å². The lowest BCUT2D eigenvalue weighted by molar-refractivity contribution is -0.0411. The van der Waals surface area contributed by atoms with Crippen molar-refractivity contribution in [3.63, 3.8) is 0 Å². The van der Waals surface area contributed by atoms with Gasteiger partial charge in [0.1, 0.15) is 0 Å². The highest BCUT2D eigenvalue weighted by molar-refractivity contribution is 5.74. The minimum Gasteiger partial charge on any atom is -0.396 e. The van der Waals surface area contributed by atoms with Crippen LogP contribution in [0.3, 0.4) is 0 Å². The zero-order valence-corrected chi connectivity index (χ0v) is 14.9. The lowest BCUT2D eigenvalue weighted by Gasteiger charge is -2.42. The standard InChI is InChI=1S/C19H34N2O3/c22-13-12-19(10-5-11-19)14-20-18(23)21-16-8-3-4-9-17(16)24-15-6-1-2-7-15/h15-17,22H,1-14H2,(H2,20,21,23). The van der Waals surface area contributed by atoms with Gasteiger partial charge in [0.25, 0.3) is 0 Å². The molecule has 5 heteroatoms. The van der Waals surface area contributed by atoms with Crippen LogP contribution in [0.5, 0.6) is 0 Å². The highest BCUT2D eigenvalue weighted by Gasteiger charge is 2.37. The van der Waals surface area contributed by atoms with Crippen LogP contribution in [-0.2, 0) is 4.74 Å². The maximum absolute atomic E-state index is 12.3. The quantitative estimate of drug-likeness (QED) is 0.668. The smallest absolute Gasteiger partial charge is 0.315 e. The molecule has 5 nitrogen and oxygen atoms in total. The zero-order valence-electron chi connectivity index (χ0n) is 14.9. The molecule has 0 spiro atoms. The zero-order chi connectivity index (χ0) is 16.8. The van der Waals surface area contributed by atoms with Gasteiger partial charge in [-0.1, -0.05) is 32.1 Å². The number of hydrogen-bond acceptors (Lipinski definition) is 3. The van der Waals surface area contributed by atoms with Crippen LogP contribution in [0.4, 0.5) is 4.79 Å². The summed E-state index contributed by atoms with van der Waals surface area (Å²) in [5, 5.41) is 15.4. The third kappa shape index (κ3) is 4.63. The fourth-order valence-corrected chi connectivity index (χ4v) is 4.61. The molecule has 3 rings (SSSR count). The Morgan fingerprint density at radius 1 is 1.04 bits per heavy atom. The lowest BCUT2D eigenvalue weighted by atomic mass is 9.67. The molecule has 0 aliphatic heterocycles. The Bertz CT molecular complexity index is 405. The van der Waals surface area contributed by atoms with Crippen molar-refractivity contribution in [3.8, 4) is 0 Å². The number of carbonyl (C=O) groups excluding carboxylic acids is 1. The SMILES string of the molecule is O=C(NCC1(CCO)CCC1)NC1CCCCC1OC1CCCC1. The van der Waals surface area contributed by atoms with E-state index in [4.69, 9.17) is 4.74 Å². The summed E-state index contributed by atoms with van der Waals surface area (Å²) in [6.07, 6.45) is 14.2. The number of nitrogens with one attached hydrogen (secondary N) is 2. The number of aliphatic hydroxyl groups is 1. The minimum atomic E-state index is -0.0638. The molecule has 138 valence electrons. The fourth-order valence-electron chi connectivity index (χ4n) is 4.61. The summed E-state index contributed by atoms with van der Waals surface area (Å²) in [7, 11) is 0. The fraction of sp³-hybridized carbons (Fsp3) is 0.947. The summed E-state index contributed by atoms with van der Waals surface area (Å²) < 4.78 is 6.31. The summed E-state index contributed by atoms with van der Waals surface area (Å²) in [6, 6.07) is 0.0840. The minimum absolute atomic E-state index is 0.0638. The molecule has 3 aliphatic carbocycles. The van der Waals surface area contributed by atoms with E-state index in [1.54, 1.807) is 0 Å². The molecule has 3 aliphatic rings. The van der Waals surface area contributed by atoms with E-state index < -0.39 is 0 Å². The van der Waals surface area contributed by atoms with Gasteiger partial charge < -0.3 is 20.5 Å². The van der Waals surface area contributed by atoms with Crippen molar-refractivity contribution >= 4 is 6.03 Å². The molecule has 0 bridgehead atoms. The highest BCUT2D eigenvalue weighted by atomic mass is 16.5. The van der Waals surface area contributed by atoms with E-state index in [1.165, 1.54) is 44.9 Å². The van der Waals surface area contributed by atoms with E-state index in [0.29, 0.717) is 12.6 Å². The van der Waals surface area contributed by atoms with E-state index in [1.807, 2.05) is 0 Å². The summed E-state index contributed by atoms with van der Waals surface area (Å²) in [4.78, 5) is 12.3. The van der Waals surface area contributed by atoms with Crippen LogP contribution >= 0.6 is 0 Å². The molecule has 0 heterocycles. The molecule has 3 N–H and O–H groups in total. The van der Waals surface area contributed by atoms with Gasteiger partial charge in [-0.2, -0.15) is 0 Å². The monoisotopic (exact) mass is 338 g/mol. The molecule has 3 saturated carbocycles. The van der Waals surface area contributed by atoms with E-state index in [-0.39, 0.29) is 30.2 Å². The number of amides is 2. The first kappa shape index (κ1) is 18.0. The molecular formula is C19H34N2O3. The highest BCUT2D eigenvalue weighted by Crippen LogP contribution is 2.43. The third-order valence-electron chi connectivity index (χ3n) is 6.37. The normalized spacial score (nSPS) is 29.9. The van der Waals surface area contributed by atoms with Crippen molar-refractivity contribution in [3.05, 3.63) is 0 Å². The van der Waals surface area contributed by atoms with Crippen LogP contribution in [0.1, 0.15) is 77.0 Å². The van der Waals surface area contributed by atoms with Gasteiger partial charge in [-0.15, -0.1) is 0 Å². The number of carbonyl (C=O) groups is 1. The van der Waals surface area contributed by atoms with Gasteiger partial charge >= 0.3 is 6.03 Å². The Labute approximate surface area is 145 Å². The first-order valence-electron chi connectivity index (χ1n) is 10.0. The Hall–Kier alpha value is -0.810. The average molecular weight is 338 g/mol. The van der Waals surface area contributed by atoms with Crippen molar-refractivity contribution in [1.29, 1.82) is 0 Å². The van der Waals surface area contributed by atoms with Crippen LogP contribution in [0, 0.1) is 5.41 Å². The first-order chi connectivity index (χ1) is 11.7. The maximum atomic E-state index is 12.3. The predicted octanol–water partition coefficient (Wildman–Crippen LogP) is 3.11. The summed E-state index contributed by atoms with van der Waals surface area (Å²) in [5.41, 5.74) is 0.137. The van der Waals surface area contributed by atoms with E-state index in [2.05, 4.69) is 10.6 Å². The number of aliphatic hydroxyl groups excluding tert-OH is 1. The summed E-state index contributed by atoms with van der Waals surface area (Å²) in [5.74, 6) is 0. The van der Waals surface area contributed by atoms with Crippen molar-refractivity contribution in [1.82, 2.24) is 10.6 Å². The van der Waals surface area contributed by atoms with E-state index >= 15 is 0 Å². The molecule has 0 aromatic carbocycles. The molecule has 0 aromatic heterocycles. The van der Waals surface area contributed by atoms with Gasteiger partial charge in [0.2, 0.25) is 0 Å². The molecule has 2 amide bonds. The van der Waals surface area contributed by atoms with Gasteiger partial charge in [0, 0.05) is 13.2 Å². The topological polar surface area (TPSA) is 70.6 Å². The predicted molar refractivity (Wildman–Crippen MR) is 93.9 cm³/mol. The molecule has 0 radical (unpaired) electrons. The number of ether oxygens (including phenoxy) is 1. The molecular weight excluding hydrogens is 304 g/mol. The van der Waals surface area contributed by atoms with Crippen molar-refractivity contribution in [2.75, 3.05) is 13.2 Å². The van der Waals surface area contributed by atoms with Gasteiger partial charge in [0.05, 0.1) is 18.2 Å². The summed E-state index contributed by atoms with van der Waals surface area (Å²) in [6.45, 7) is 0.892. The van der Waals surface area contributed by atoms with Crippen LogP contribution in [-0.4, -0.2) is 42.5 Å². The second kappa shape index (κ2) is 8.52. The molecule has 2 atom stereocenters. The van der Waals surface area contributed by atoms with Crippen molar-refractivity contribution in [2.45, 2.75) is 95.3 Å². The Morgan fingerprint density at radius 2 is 1.75 bits per heavy atom. The van der Waals surface area contributed by atoms with Crippen LogP contribution in [0.2, 0.25) is 0 Å². The van der Waals surface area contributed by atoms with Gasteiger partial charge in [-0.25, -0.2) is 4.79 Å². The molecule has 24 heavy (non-hydrogen) atoms. The number of rotatable bonds is 7. The lowest BCUT2D eigenvalue weighted by Crippen LogP contribution is -2.53. The molecule has 0 aromatic rings. The van der Waals surface area contributed by atoms with Crippen LogP contribution in [0.25, 0.3) is 0 Å². The number of hydrogen-bond donors (Lipinski definition) is 3. The van der Waals surface area contributed by atoms with Gasteiger partial charge in [-0.05, 0) is 50.4 Å². The van der Waals surface area contributed by atoms with Crippen molar-refractivity contribution in [2.24, 2.45) is 5.41 Å². The van der Waals surface area contributed by atoms with E-state index in [9.17, 15) is 9.90 Å². The Morgan fingerprint density at radius 3 is 2.42 bits per heavy atom. The molecule has 0 saturated heterocycles. The average Bonchev–Trinajstić information content (AvgIpc) is 3.05. The summed E-state index contributed by atoms with van der Waals surface area (Å²) >= 11 is 0. The Kier molecular flexibility index (Phi) is 6.39. The second-order valence-corrected chi connectivity index (χ2v) is 8.13.